The predicted molar refractivity (Wildman–Crippen MR) is 79.7 cm³/mol. The number of rotatable bonds is 6. The minimum Gasteiger partial charge on any atom is -0.478 e. The number of carboxylic acid groups (broad SMARTS) is 1. The number of likely N-dealkylation sites (N-methyl/N-ethyl adjacent to an activating group) is 1. The zero-order valence-electron chi connectivity index (χ0n) is 11.5. The van der Waals surface area contributed by atoms with Gasteiger partial charge in [-0.1, -0.05) is 25.1 Å². The molecule has 1 aromatic carbocycles. The summed E-state index contributed by atoms with van der Waals surface area (Å²) in [5.41, 5.74) is 1.21. The van der Waals surface area contributed by atoms with Crippen molar-refractivity contribution in [1.29, 1.82) is 0 Å². The molecule has 0 bridgehead atoms. The lowest BCUT2D eigenvalue weighted by Crippen LogP contribution is -2.21. The lowest BCUT2D eigenvalue weighted by Gasteiger charge is -2.15. The molecule has 0 amide bonds. The van der Waals surface area contributed by atoms with Gasteiger partial charge >= 0.3 is 5.97 Å². The second kappa shape index (κ2) is 6.47. The molecule has 1 aromatic heterocycles. The van der Waals surface area contributed by atoms with Crippen LogP contribution < -0.4 is 4.90 Å². The maximum atomic E-state index is 11.1. The van der Waals surface area contributed by atoms with Crippen molar-refractivity contribution in [2.24, 2.45) is 0 Å². The zero-order valence-corrected chi connectivity index (χ0v) is 12.4. The number of aryl methyl sites for hydroxylation is 1. The van der Waals surface area contributed by atoms with Crippen LogP contribution in [0.2, 0.25) is 0 Å². The largest absolute Gasteiger partial charge is 0.478 e. The van der Waals surface area contributed by atoms with E-state index in [0.29, 0.717) is 18.5 Å². The maximum Gasteiger partial charge on any atom is 0.335 e. The second-order valence-corrected chi connectivity index (χ2v) is 5.21. The molecule has 0 saturated carbocycles. The van der Waals surface area contributed by atoms with Crippen molar-refractivity contribution in [2.75, 3.05) is 18.5 Å². The molecular weight excluding hydrogens is 274 g/mol. The van der Waals surface area contributed by atoms with Gasteiger partial charge in [-0.25, -0.2) is 9.78 Å². The standard InChI is InChI=1S/C14H17N3O2S/c1-3-12-15-14(20-16-12)17(2)9-8-10-6-4-5-7-11(10)13(18)19/h4-7H,3,8-9H2,1-2H3,(H,18,19). The highest BCUT2D eigenvalue weighted by molar-refractivity contribution is 7.09. The molecule has 5 nitrogen and oxygen atoms in total. The van der Waals surface area contributed by atoms with Crippen molar-refractivity contribution >= 4 is 22.6 Å². The maximum absolute atomic E-state index is 11.1. The highest BCUT2D eigenvalue weighted by atomic mass is 32.1. The second-order valence-electron chi connectivity index (χ2n) is 4.48. The molecular formula is C14H17N3O2S. The number of anilines is 1. The molecule has 106 valence electrons. The Labute approximate surface area is 122 Å². The van der Waals surface area contributed by atoms with E-state index >= 15 is 0 Å². The summed E-state index contributed by atoms with van der Waals surface area (Å²) in [6.45, 7) is 2.73. The Morgan fingerprint density at radius 3 is 2.80 bits per heavy atom. The molecule has 6 heteroatoms. The molecule has 0 saturated heterocycles. The summed E-state index contributed by atoms with van der Waals surface area (Å²) in [4.78, 5) is 17.6. The number of benzene rings is 1. The fourth-order valence-electron chi connectivity index (χ4n) is 1.87. The van der Waals surface area contributed by atoms with Gasteiger partial charge in [0, 0.05) is 31.5 Å². The van der Waals surface area contributed by atoms with E-state index in [1.165, 1.54) is 11.5 Å². The number of hydrogen-bond acceptors (Lipinski definition) is 5. The number of hydrogen-bond donors (Lipinski definition) is 1. The number of carbonyl (C=O) groups is 1. The number of aromatic carboxylic acids is 1. The van der Waals surface area contributed by atoms with E-state index in [-0.39, 0.29) is 0 Å². The van der Waals surface area contributed by atoms with Crippen LogP contribution in [0.5, 0.6) is 0 Å². The van der Waals surface area contributed by atoms with Crippen LogP contribution in [0.25, 0.3) is 0 Å². The lowest BCUT2D eigenvalue weighted by molar-refractivity contribution is 0.0695. The average Bonchev–Trinajstić information content (AvgIpc) is 2.94. The van der Waals surface area contributed by atoms with Crippen molar-refractivity contribution in [1.82, 2.24) is 9.36 Å². The Morgan fingerprint density at radius 2 is 2.15 bits per heavy atom. The fraction of sp³-hybridized carbons (Fsp3) is 0.357. The molecule has 0 fully saturated rings. The first kappa shape index (κ1) is 14.5. The summed E-state index contributed by atoms with van der Waals surface area (Å²) in [5.74, 6) is -0.0322. The van der Waals surface area contributed by atoms with Crippen LogP contribution in [0.4, 0.5) is 5.13 Å². The SMILES string of the molecule is CCc1nsc(N(C)CCc2ccccc2C(=O)O)n1. The van der Waals surface area contributed by atoms with Gasteiger partial charge in [0.25, 0.3) is 0 Å². The van der Waals surface area contributed by atoms with Gasteiger partial charge in [0.05, 0.1) is 5.56 Å². The monoisotopic (exact) mass is 291 g/mol. The van der Waals surface area contributed by atoms with Gasteiger partial charge in [0.2, 0.25) is 5.13 Å². The molecule has 0 aliphatic carbocycles. The first-order valence-corrected chi connectivity index (χ1v) is 7.24. The number of nitrogens with zero attached hydrogens (tertiary/aromatic N) is 3. The van der Waals surface area contributed by atoms with Gasteiger partial charge in [-0.15, -0.1) is 0 Å². The van der Waals surface area contributed by atoms with Crippen LogP contribution in [0.1, 0.15) is 28.7 Å². The van der Waals surface area contributed by atoms with Crippen molar-refractivity contribution in [3.8, 4) is 0 Å². The third-order valence-corrected chi connectivity index (χ3v) is 3.93. The smallest absolute Gasteiger partial charge is 0.335 e. The normalized spacial score (nSPS) is 10.5. The lowest BCUT2D eigenvalue weighted by atomic mass is 10.0. The van der Waals surface area contributed by atoms with E-state index in [4.69, 9.17) is 5.11 Å². The molecule has 1 heterocycles. The van der Waals surface area contributed by atoms with E-state index in [9.17, 15) is 4.79 Å². The van der Waals surface area contributed by atoms with Gasteiger partial charge in [0.15, 0.2) is 0 Å². The highest BCUT2D eigenvalue weighted by Gasteiger charge is 2.11. The third-order valence-electron chi connectivity index (χ3n) is 3.06. The van der Waals surface area contributed by atoms with E-state index in [2.05, 4.69) is 9.36 Å². The Balaban J connectivity index is 2.03. The summed E-state index contributed by atoms with van der Waals surface area (Å²) in [6, 6.07) is 7.10. The molecule has 0 atom stereocenters. The Hall–Kier alpha value is -1.95. The summed E-state index contributed by atoms with van der Waals surface area (Å²) in [6.07, 6.45) is 1.49. The average molecular weight is 291 g/mol. The first-order valence-electron chi connectivity index (χ1n) is 6.46. The molecule has 1 N–H and O–H groups in total. The summed E-state index contributed by atoms with van der Waals surface area (Å²) < 4.78 is 4.25. The minimum absolute atomic E-state index is 0.368. The van der Waals surface area contributed by atoms with E-state index in [1.807, 2.05) is 31.0 Å². The van der Waals surface area contributed by atoms with Gasteiger partial charge in [-0.3, -0.25) is 0 Å². The predicted octanol–water partition coefficient (Wildman–Crippen LogP) is 2.48. The molecule has 0 aliphatic heterocycles. The molecule has 0 spiro atoms. The van der Waals surface area contributed by atoms with Gasteiger partial charge in [-0.05, 0) is 18.1 Å². The Morgan fingerprint density at radius 1 is 1.40 bits per heavy atom. The Kier molecular flexibility index (Phi) is 4.68. The van der Waals surface area contributed by atoms with E-state index < -0.39 is 5.97 Å². The number of aromatic nitrogens is 2. The van der Waals surface area contributed by atoms with E-state index in [1.54, 1.807) is 12.1 Å². The number of carboxylic acids is 1. The van der Waals surface area contributed by atoms with Crippen molar-refractivity contribution in [2.45, 2.75) is 19.8 Å². The topological polar surface area (TPSA) is 66.3 Å². The van der Waals surface area contributed by atoms with Crippen molar-refractivity contribution in [3.05, 3.63) is 41.2 Å². The molecule has 20 heavy (non-hydrogen) atoms. The van der Waals surface area contributed by atoms with Crippen molar-refractivity contribution < 1.29 is 9.90 Å². The fourth-order valence-corrected chi connectivity index (χ4v) is 2.61. The molecule has 2 rings (SSSR count). The van der Waals surface area contributed by atoms with Gasteiger partial charge in [0.1, 0.15) is 5.82 Å². The van der Waals surface area contributed by atoms with E-state index in [0.717, 1.165) is 22.9 Å². The molecule has 2 aromatic rings. The van der Waals surface area contributed by atoms with Crippen LogP contribution in [0.3, 0.4) is 0 Å². The van der Waals surface area contributed by atoms with Gasteiger partial charge < -0.3 is 10.0 Å². The molecule has 0 unspecified atom stereocenters. The summed E-state index contributed by atoms with van der Waals surface area (Å²) in [7, 11) is 1.95. The third kappa shape index (κ3) is 3.33. The van der Waals surface area contributed by atoms with Crippen LogP contribution in [-0.4, -0.2) is 34.0 Å². The van der Waals surface area contributed by atoms with Gasteiger partial charge in [-0.2, -0.15) is 4.37 Å². The molecule has 0 aliphatic rings. The van der Waals surface area contributed by atoms with Crippen LogP contribution >= 0.6 is 11.5 Å². The van der Waals surface area contributed by atoms with Crippen molar-refractivity contribution in [3.63, 3.8) is 0 Å². The van der Waals surface area contributed by atoms with Crippen LogP contribution in [0, 0.1) is 0 Å². The van der Waals surface area contributed by atoms with Crippen LogP contribution in [-0.2, 0) is 12.8 Å². The first-order chi connectivity index (χ1) is 9.61. The quantitative estimate of drug-likeness (QED) is 0.885. The Bertz CT molecular complexity index is 598. The highest BCUT2D eigenvalue weighted by Crippen LogP contribution is 2.17. The minimum atomic E-state index is -0.882. The van der Waals surface area contributed by atoms with Crippen LogP contribution in [0.15, 0.2) is 24.3 Å². The summed E-state index contributed by atoms with van der Waals surface area (Å²) >= 11 is 1.38. The summed E-state index contributed by atoms with van der Waals surface area (Å²) in [5, 5.41) is 10.0. The molecule has 0 radical (unpaired) electrons. The zero-order chi connectivity index (χ0) is 14.5.